The molecular formula is C11H13FN2O2S. The molecule has 0 saturated heterocycles. The van der Waals surface area contributed by atoms with Crippen molar-refractivity contribution >= 4 is 10.0 Å². The Labute approximate surface area is 100 Å². The van der Waals surface area contributed by atoms with Crippen molar-refractivity contribution in [2.75, 3.05) is 0 Å². The lowest BCUT2D eigenvalue weighted by atomic mass is 10.1. The third kappa shape index (κ3) is 3.51. The molecule has 0 fully saturated rings. The summed E-state index contributed by atoms with van der Waals surface area (Å²) in [5.74, 6) is -0.734. The van der Waals surface area contributed by atoms with Crippen LogP contribution in [0.2, 0.25) is 0 Å². The molecule has 0 aliphatic carbocycles. The van der Waals surface area contributed by atoms with Crippen molar-refractivity contribution in [2.24, 2.45) is 0 Å². The monoisotopic (exact) mass is 256 g/mol. The van der Waals surface area contributed by atoms with Crippen molar-refractivity contribution in [3.05, 3.63) is 29.6 Å². The molecule has 0 atom stereocenters. The van der Waals surface area contributed by atoms with E-state index in [2.05, 4.69) is 4.72 Å². The van der Waals surface area contributed by atoms with Gasteiger partial charge in [-0.1, -0.05) is 0 Å². The molecule has 1 N–H and O–H groups in total. The fourth-order valence-electron chi connectivity index (χ4n) is 1.22. The molecule has 92 valence electrons. The highest BCUT2D eigenvalue weighted by atomic mass is 32.2. The number of sulfonamides is 1. The van der Waals surface area contributed by atoms with Crippen molar-refractivity contribution in [2.45, 2.75) is 31.2 Å². The van der Waals surface area contributed by atoms with Crippen LogP contribution in [0.4, 0.5) is 4.39 Å². The summed E-state index contributed by atoms with van der Waals surface area (Å²) >= 11 is 0. The third-order valence-electron chi connectivity index (χ3n) is 1.81. The number of hydrogen-bond donors (Lipinski definition) is 1. The van der Waals surface area contributed by atoms with Gasteiger partial charge in [0.15, 0.2) is 0 Å². The van der Waals surface area contributed by atoms with E-state index in [-0.39, 0.29) is 10.5 Å². The minimum Gasteiger partial charge on any atom is -0.207 e. The van der Waals surface area contributed by atoms with E-state index in [4.69, 9.17) is 5.26 Å². The highest BCUT2D eigenvalue weighted by Gasteiger charge is 2.22. The zero-order valence-electron chi connectivity index (χ0n) is 9.78. The Morgan fingerprint density at radius 2 is 1.94 bits per heavy atom. The summed E-state index contributed by atoms with van der Waals surface area (Å²) in [6.45, 7) is 5.08. The SMILES string of the molecule is CC(C)(C)NS(=O)(=O)c1ccc(F)c(C#N)c1. The number of halogens is 1. The summed E-state index contributed by atoms with van der Waals surface area (Å²) in [7, 11) is -3.74. The first-order valence-electron chi connectivity index (χ1n) is 4.89. The van der Waals surface area contributed by atoms with Gasteiger partial charge in [-0.05, 0) is 39.0 Å². The molecule has 0 amide bonds. The predicted octanol–water partition coefficient (Wildman–Crippen LogP) is 1.77. The topological polar surface area (TPSA) is 70.0 Å². The van der Waals surface area contributed by atoms with Crippen LogP contribution in [0.5, 0.6) is 0 Å². The summed E-state index contributed by atoms with van der Waals surface area (Å²) in [5.41, 5.74) is -0.929. The van der Waals surface area contributed by atoms with Gasteiger partial charge in [0.2, 0.25) is 10.0 Å². The molecule has 17 heavy (non-hydrogen) atoms. The van der Waals surface area contributed by atoms with Crippen LogP contribution in [0.3, 0.4) is 0 Å². The highest BCUT2D eigenvalue weighted by Crippen LogP contribution is 2.16. The summed E-state index contributed by atoms with van der Waals surface area (Å²) in [6, 6.07) is 4.72. The first kappa shape index (κ1) is 13.6. The molecule has 0 aliphatic heterocycles. The number of benzene rings is 1. The zero-order valence-corrected chi connectivity index (χ0v) is 10.6. The van der Waals surface area contributed by atoms with Gasteiger partial charge in [-0.15, -0.1) is 0 Å². The normalized spacial score (nSPS) is 12.2. The van der Waals surface area contributed by atoms with E-state index in [9.17, 15) is 12.8 Å². The van der Waals surface area contributed by atoms with Gasteiger partial charge in [-0.2, -0.15) is 5.26 Å². The van der Waals surface area contributed by atoms with Gasteiger partial charge in [0.25, 0.3) is 0 Å². The lowest BCUT2D eigenvalue weighted by Gasteiger charge is -2.20. The number of nitrogens with one attached hydrogen (secondary N) is 1. The number of nitriles is 1. The minimum absolute atomic E-state index is 0.120. The maximum absolute atomic E-state index is 13.1. The van der Waals surface area contributed by atoms with Gasteiger partial charge < -0.3 is 0 Å². The number of rotatable bonds is 2. The second kappa shape index (κ2) is 4.43. The predicted molar refractivity (Wildman–Crippen MR) is 61.2 cm³/mol. The summed E-state index contributed by atoms with van der Waals surface area (Å²) in [5, 5.41) is 8.64. The molecule has 1 rings (SSSR count). The molecule has 1 aromatic carbocycles. The van der Waals surface area contributed by atoms with E-state index in [1.165, 1.54) is 0 Å². The second-order valence-corrected chi connectivity index (χ2v) is 6.29. The first-order valence-corrected chi connectivity index (χ1v) is 6.38. The number of nitrogens with zero attached hydrogens (tertiary/aromatic N) is 1. The van der Waals surface area contributed by atoms with Crippen LogP contribution in [0.15, 0.2) is 23.1 Å². The van der Waals surface area contributed by atoms with Gasteiger partial charge >= 0.3 is 0 Å². The van der Waals surface area contributed by atoms with E-state index in [0.717, 1.165) is 18.2 Å². The first-order chi connectivity index (χ1) is 7.65. The van der Waals surface area contributed by atoms with Crippen LogP contribution in [0.1, 0.15) is 26.3 Å². The molecule has 0 aromatic heterocycles. The maximum Gasteiger partial charge on any atom is 0.241 e. The van der Waals surface area contributed by atoms with Gasteiger partial charge in [-0.25, -0.2) is 17.5 Å². The largest absolute Gasteiger partial charge is 0.241 e. The summed E-state index contributed by atoms with van der Waals surface area (Å²) in [6.07, 6.45) is 0. The fourth-order valence-corrected chi connectivity index (χ4v) is 2.66. The number of hydrogen-bond acceptors (Lipinski definition) is 3. The van der Waals surface area contributed by atoms with Crippen molar-refractivity contribution in [3.8, 4) is 6.07 Å². The molecule has 0 saturated carbocycles. The molecule has 0 unspecified atom stereocenters. The fraction of sp³-hybridized carbons (Fsp3) is 0.364. The molecule has 1 aromatic rings. The van der Waals surface area contributed by atoms with Crippen LogP contribution in [-0.2, 0) is 10.0 Å². The van der Waals surface area contributed by atoms with Crippen molar-refractivity contribution in [3.63, 3.8) is 0 Å². The van der Waals surface area contributed by atoms with E-state index in [0.29, 0.717) is 0 Å². The van der Waals surface area contributed by atoms with Crippen LogP contribution in [-0.4, -0.2) is 14.0 Å². The zero-order chi connectivity index (χ0) is 13.3. The Bertz CT molecular complexity index is 568. The van der Waals surface area contributed by atoms with Crippen LogP contribution >= 0.6 is 0 Å². The van der Waals surface area contributed by atoms with Crippen molar-refractivity contribution in [1.82, 2.24) is 4.72 Å². The Morgan fingerprint density at radius 3 is 2.41 bits per heavy atom. The van der Waals surface area contributed by atoms with Gasteiger partial charge in [0, 0.05) is 5.54 Å². The van der Waals surface area contributed by atoms with E-state index in [1.54, 1.807) is 26.8 Å². The molecule has 0 radical (unpaired) electrons. The van der Waals surface area contributed by atoms with Crippen LogP contribution in [0, 0.1) is 17.1 Å². The lowest BCUT2D eigenvalue weighted by molar-refractivity contribution is 0.491. The maximum atomic E-state index is 13.1. The van der Waals surface area contributed by atoms with Gasteiger partial charge in [0.1, 0.15) is 11.9 Å². The van der Waals surface area contributed by atoms with E-state index >= 15 is 0 Å². The average Bonchev–Trinajstić information content (AvgIpc) is 2.14. The molecule has 0 aliphatic rings. The van der Waals surface area contributed by atoms with Crippen molar-refractivity contribution < 1.29 is 12.8 Å². The Balaban J connectivity index is 3.22. The lowest BCUT2D eigenvalue weighted by Crippen LogP contribution is -2.40. The summed E-state index contributed by atoms with van der Waals surface area (Å²) in [4.78, 5) is -0.120. The minimum atomic E-state index is -3.74. The molecule has 0 heterocycles. The molecular weight excluding hydrogens is 243 g/mol. The smallest absolute Gasteiger partial charge is 0.207 e. The second-order valence-electron chi connectivity index (χ2n) is 4.61. The van der Waals surface area contributed by atoms with Crippen LogP contribution < -0.4 is 4.72 Å². The molecule has 0 bridgehead atoms. The molecule has 6 heteroatoms. The summed E-state index contributed by atoms with van der Waals surface area (Å²) < 4.78 is 39.2. The standard InChI is InChI=1S/C11H13FN2O2S/c1-11(2,3)14-17(15,16)9-4-5-10(12)8(6-9)7-13/h4-6,14H,1-3H3. The average molecular weight is 256 g/mol. The third-order valence-corrected chi connectivity index (χ3v) is 3.56. The van der Waals surface area contributed by atoms with Gasteiger partial charge in [-0.3, -0.25) is 0 Å². The Morgan fingerprint density at radius 1 is 1.35 bits per heavy atom. The van der Waals surface area contributed by atoms with Crippen LogP contribution in [0.25, 0.3) is 0 Å². The molecule has 4 nitrogen and oxygen atoms in total. The van der Waals surface area contributed by atoms with E-state index < -0.39 is 21.4 Å². The Kier molecular flexibility index (Phi) is 3.55. The van der Waals surface area contributed by atoms with Gasteiger partial charge in [0.05, 0.1) is 10.5 Å². The quantitative estimate of drug-likeness (QED) is 0.876. The highest BCUT2D eigenvalue weighted by molar-refractivity contribution is 7.89. The van der Waals surface area contributed by atoms with E-state index in [1.807, 2.05) is 0 Å². The molecule has 0 spiro atoms. The van der Waals surface area contributed by atoms with Crippen molar-refractivity contribution in [1.29, 1.82) is 5.26 Å². The Hall–Kier alpha value is -1.45.